The smallest absolute Gasteiger partial charge is 0.246 e. The highest BCUT2D eigenvalue weighted by atomic mass is 32.2. The SMILES string of the molecule is CC[C@@H](C)C(=S)N[C@H]1CCS[C@H]2CC(C)(C)[C@@H](C(=O)N[C@H](COCc3cn(CCOC[C@@H](NC(=O)[C@H]4N5C(=O)[C@@H](NC(=O)[C@H](C)NC)CCS[C@H]5CC4(C)C)c4ccccc4)nn3)c3ccccc3)N2C1=O. The summed E-state index contributed by atoms with van der Waals surface area (Å²) in [6, 6.07) is 15.2. The summed E-state index contributed by atoms with van der Waals surface area (Å²) in [7, 11) is 1.70. The van der Waals surface area contributed by atoms with Crippen LogP contribution in [0.5, 0.6) is 0 Å². The van der Waals surface area contributed by atoms with E-state index in [4.69, 9.17) is 21.7 Å². The first-order valence-corrected chi connectivity index (χ1v) is 27.8. The molecule has 17 nitrogen and oxygen atoms in total. The number of aromatic nitrogens is 3. The molecule has 4 fully saturated rings. The van der Waals surface area contributed by atoms with Crippen LogP contribution >= 0.6 is 35.7 Å². The van der Waals surface area contributed by atoms with Crippen molar-refractivity contribution in [3.63, 3.8) is 0 Å². The van der Waals surface area contributed by atoms with Gasteiger partial charge in [-0.25, -0.2) is 4.68 Å². The van der Waals surface area contributed by atoms with E-state index in [1.807, 2.05) is 79.4 Å². The number of nitrogens with one attached hydrogen (secondary N) is 5. The lowest BCUT2D eigenvalue weighted by Crippen LogP contribution is -2.58. The normalized spacial score (nSPS) is 25.2. The summed E-state index contributed by atoms with van der Waals surface area (Å²) in [5.41, 5.74) is 1.34. The van der Waals surface area contributed by atoms with Gasteiger partial charge in [0.1, 0.15) is 29.9 Å². The molecule has 5 N–H and O–H groups in total. The van der Waals surface area contributed by atoms with E-state index in [1.54, 1.807) is 53.3 Å². The van der Waals surface area contributed by atoms with Crippen molar-refractivity contribution < 1.29 is 33.4 Å². The van der Waals surface area contributed by atoms with Gasteiger partial charge >= 0.3 is 0 Å². The second-order valence-electron chi connectivity index (χ2n) is 20.9. The highest BCUT2D eigenvalue weighted by Crippen LogP contribution is 2.48. The molecule has 10 atom stereocenters. The Hall–Kier alpha value is -4.60. The molecule has 7 rings (SSSR count). The van der Waals surface area contributed by atoms with E-state index in [9.17, 15) is 24.0 Å². The third-order valence-electron chi connectivity index (χ3n) is 14.5. The number of thiocarbonyl (C=S) groups is 1. The van der Waals surface area contributed by atoms with Gasteiger partial charge in [-0.3, -0.25) is 24.0 Å². The highest BCUT2D eigenvalue weighted by Gasteiger charge is 2.56. The van der Waals surface area contributed by atoms with Crippen molar-refractivity contribution >= 4 is 70.3 Å². The summed E-state index contributed by atoms with van der Waals surface area (Å²) >= 11 is 9.06. The van der Waals surface area contributed by atoms with Crippen LogP contribution in [0.3, 0.4) is 0 Å². The van der Waals surface area contributed by atoms with E-state index in [0.29, 0.717) is 48.7 Å². The highest BCUT2D eigenvalue weighted by molar-refractivity contribution is 8.00. The zero-order valence-corrected chi connectivity index (χ0v) is 45.4. The number of carbonyl (C=O) groups excluding carboxylic acids is 5. The predicted octanol–water partition coefficient (Wildman–Crippen LogP) is 5.13. The zero-order chi connectivity index (χ0) is 51.7. The van der Waals surface area contributed by atoms with Gasteiger partial charge in [-0.15, -0.1) is 28.6 Å². The number of nitrogens with zero attached hydrogens (tertiary/aromatic N) is 5. The van der Waals surface area contributed by atoms with Gasteiger partial charge in [0, 0.05) is 5.92 Å². The number of hydrogen-bond acceptors (Lipinski definition) is 13. The molecule has 5 amide bonds. The molecule has 4 saturated heterocycles. The average Bonchev–Trinajstić information content (AvgIpc) is 3.95. The maximum absolute atomic E-state index is 14.5. The maximum Gasteiger partial charge on any atom is 0.246 e. The van der Waals surface area contributed by atoms with Crippen LogP contribution in [0.15, 0.2) is 66.9 Å². The summed E-state index contributed by atoms with van der Waals surface area (Å²) in [5, 5.41) is 24.0. The summed E-state index contributed by atoms with van der Waals surface area (Å²) in [6.45, 7) is 15.2. The molecule has 2 aromatic carbocycles. The number of thioether (sulfide) groups is 2. The molecule has 3 aromatic rings. The van der Waals surface area contributed by atoms with Crippen molar-refractivity contribution in [2.75, 3.05) is 38.4 Å². The van der Waals surface area contributed by atoms with E-state index in [-0.39, 0.29) is 72.6 Å². The Labute approximate surface area is 438 Å². The van der Waals surface area contributed by atoms with Crippen LogP contribution in [-0.2, 0) is 46.6 Å². The largest absolute Gasteiger partial charge is 0.377 e. The van der Waals surface area contributed by atoms with Gasteiger partial charge in [-0.2, -0.15) is 0 Å². The van der Waals surface area contributed by atoms with Crippen molar-refractivity contribution in [1.82, 2.24) is 51.4 Å². The predicted molar refractivity (Wildman–Crippen MR) is 284 cm³/mol. The second kappa shape index (κ2) is 24.6. The van der Waals surface area contributed by atoms with Crippen LogP contribution in [0.4, 0.5) is 0 Å². The van der Waals surface area contributed by atoms with Crippen LogP contribution in [-0.4, -0.2) is 139 Å². The van der Waals surface area contributed by atoms with Gasteiger partial charge in [-0.1, -0.05) is 120 Å². The Bertz CT molecular complexity index is 2360. The molecule has 0 aliphatic carbocycles. The Balaban J connectivity index is 0.944. The number of ether oxygens (including phenoxy) is 2. The van der Waals surface area contributed by atoms with E-state index < -0.39 is 53.1 Å². The van der Waals surface area contributed by atoms with Gasteiger partial charge in [-0.05, 0) is 79.5 Å². The first kappa shape index (κ1) is 55.2. The molecular formula is C52H74N10O7S3. The third-order valence-corrected chi connectivity index (χ3v) is 17.5. The van der Waals surface area contributed by atoms with Crippen molar-refractivity contribution in [2.45, 2.75) is 147 Å². The zero-order valence-electron chi connectivity index (χ0n) is 42.9. The molecular weight excluding hydrogens is 973 g/mol. The standard InChI is InChI=1S/C52H74N10O7S3/c1-9-32(2)48(70)57-38-21-25-72-42-27-52(6,7)44(62(42)50(38)67)47(65)56-40(35-18-14-11-15-19-35)31-69-29-36-28-60(59-58-36)22-23-68-30-39(34-16-12-10-13-17-34)55-46(64)43-51(4,5)26-41-61(43)49(66)37(20-24-71-41)54-45(63)33(3)53-8/h10-19,28,32-33,37-44,53H,9,20-27,29-31H2,1-8H3,(H,54,63)(H,55,64)(H,56,65)(H,57,70)/t32-,33+,37+,38+,39-,40-,41+,42+,43-,44-/m1/s1. The van der Waals surface area contributed by atoms with Gasteiger partial charge in [0.2, 0.25) is 29.5 Å². The molecule has 4 aliphatic heterocycles. The van der Waals surface area contributed by atoms with Crippen molar-refractivity contribution in [3.8, 4) is 0 Å². The van der Waals surface area contributed by atoms with Crippen LogP contribution in [0.2, 0.25) is 0 Å². The molecule has 0 saturated carbocycles. The second-order valence-corrected chi connectivity index (χ2v) is 23.9. The number of hydrogen-bond donors (Lipinski definition) is 5. The Morgan fingerprint density at radius 3 is 1.78 bits per heavy atom. The lowest BCUT2D eigenvalue weighted by Gasteiger charge is -2.35. The molecule has 4 aliphatic rings. The number of rotatable bonds is 21. The first-order valence-electron chi connectivity index (χ1n) is 25.3. The van der Waals surface area contributed by atoms with Gasteiger partial charge in [0.15, 0.2) is 0 Å². The molecule has 20 heteroatoms. The van der Waals surface area contributed by atoms with Crippen LogP contribution in [0.1, 0.15) is 109 Å². The van der Waals surface area contributed by atoms with Crippen LogP contribution in [0.25, 0.3) is 0 Å². The van der Waals surface area contributed by atoms with Crippen molar-refractivity contribution in [1.29, 1.82) is 0 Å². The minimum atomic E-state index is -0.755. The molecule has 5 heterocycles. The molecule has 392 valence electrons. The molecule has 0 radical (unpaired) electrons. The molecule has 1 aromatic heterocycles. The van der Waals surface area contributed by atoms with Crippen LogP contribution < -0.4 is 26.6 Å². The Kier molecular flexibility index (Phi) is 18.9. The quantitative estimate of drug-likeness (QED) is 0.0695. The average molecular weight is 1050 g/mol. The Morgan fingerprint density at radius 1 is 0.778 bits per heavy atom. The summed E-state index contributed by atoms with van der Waals surface area (Å²) in [5.74, 6) is 0.540. The first-order chi connectivity index (χ1) is 34.4. The van der Waals surface area contributed by atoms with Gasteiger partial charge in [0.25, 0.3) is 0 Å². The number of likely N-dealkylation sites (N-methyl/N-ethyl adjacent to an activating group) is 1. The molecule has 0 bridgehead atoms. The summed E-state index contributed by atoms with van der Waals surface area (Å²) < 4.78 is 14.1. The molecule has 0 spiro atoms. The number of benzene rings is 2. The van der Waals surface area contributed by atoms with Crippen molar-refractivity contribution in [3.05, 3.63) is 83.7 Å². The molecule has 72 heavy (non-hydrogen) atoms. The fourth-order valence-corrected chi connectivity index (χ4v) is 13.6. The lowest BCUT2D eigenvalue weighted by atomic mass is 9.83. The van der Waals surface area contributed by atoms with E-state index in [0.717, 1.165) is 23.3 Å². The minimum Gasteiger partial charge on any atom is -0.377 e. The maximum atomic E-state index is 14.5. The third kappa shape index (κ3) is 13.2. The van der Waals surface area contributed by atoms with Crippen molar-refractivity contribution in [2.24, 2.45) is 16.7 Å². The van der Waals surface area contributed by atoms with Gasteiger partial charge < -0.3 is 45.9 Å². The lowest BCUT2D eigenvalue weighted by molar-refractivity contribution is -0.144. The summed E-state index contributed by atoms with van der Waals surface area (Å²) in [4.78, 5) is 74.4. The fourth-order valence-electron chi connectivity index (χ4n) is 10.1. The number of fused-ring (bicyclic) bond motifs is 2. The fraction of sp³-hybridized carbons (Fsp3) is 0.615. The monoisotopic (exact) mass is 1050 g/mol. The van der Waals surface area contributed by atoms with Gasteiger partial charge in [0.05, 0.1) is 73.0 Å². The Morgan fingerprint density at radius 2 is 1.28 bits per heavy atom. The number of amides is 5. The van der Waals surface area contributed by atoms with E-state index in [2.05, 4.69) is 64.6 Å². The van der Waals surface area contributed by atoms with E-state index in [1.165, 1.54) is 0 Å². The minimum absolute atomic E-state index is 0.0870. The van der Waals surface area contributed by atoms with E-state index >= 15 is 0 Å². The topological polar surface area (TPSA) is 201 Å². The number of carbonyl (C=O) groups is 5. The van der Waals surface area contributed by atoms with Crippen LogP contribution in [0, 0.1) is 16.7 Å². The molecule has 0 unspecified atom stereocenters. The summed E-state index contributed by atoms with van der Waals surface area (Å²) in [6.07, 6.45) is 5.13.